The number of anilines is 1. The average Bonchev–Trinajstić information content (AvgIpc) is 2.58. The summed E-state index contributed by atoms with van der Waals surface area (Å²) in [5.41, 5.74) is 2.33. The van der Waals surface area contributed by atoms with E-state index in [2.05, 4.69) is 20.6 Å². The van der Waals surface area contributed by atoms with E-state index in [4.69, 9.17) is 0 Å². The van der Waals surface area contributed by atoms with E-state index in [0.29, 0.717) is 24.7 Å². The molecule has 0 amide bonds. The van der Waals surface area contributed by atoms with Gasteiger partial charge in [-0.25, -0.2) is 9.38 Å². The molecule has 2 aromatic rings. The van der Waals surface area contributed by atoms with E-state index < -0.39 is 0 Å². The van der Waals surface area contributed by atoms with Crippen molar-refractivity contribution in [2.24, 2.45) is 4.99 Å². The van der Waals surface area contributed by atoms with Crippen molar-refractivity contribution in [2.45, 2.75) is 20.0 Å². The summed E-state index contributed by atoms with van der Waals surface area (Å²) in [6.45, 7) is 3.74. The van der Waals surface area contributed by atoms with Gasteiger partial charge in [0.1, 0.15) is 5.82 Å². The maximum absolute atomic E-state index is 14.0. The minimum Gasteiger partial charge on any atom is -0.375 e. The standard InChI is InChI=1S/C18H24FN5.HI/c1-4-20-18(23-13-15-7-5-6-10-21-15)22-12-14-8-9-17(24(2)3)16(19)11-14;/h5-11H,4,12-13H2,1-3H3,(H2,20,22,23);1H. The molecule has 0 fully saturated rings. The fourth-order valence-corrected chi connectivity index (χ4v) is 2.20. The Bertz CT molecular complexity index is 676. The average molecular weight is 457 g/mol. The number of nitrogens with one attached hydrogen (secondary N) is 2. The fraction of sp³-hybridized carbons (Fsp3) is 0.333. The van der Waals surface area contributed by atoms with Crippen LogP contribution in [0.25, 0.3) is 0 Å². The fourth-order valence-electron chi connectivity index (χ4n) is 2.20. The number of pyridine rings is 1. The highest BCUT2D eigenvalue weighted by Gasteiger charge is 2.05. The van der Waals surface area contributed by atoms with Gasteiger partial charge >= 0.3 is 0 Å². The Kier molecular flexibility index (Phi) is 9.18. The monoisotopic (exact) mass is 457 g/mol. The first-order chi connectivity index (χ1) is 11.6. The number of halogens is 2. The molecule has 25 heavy (non-hydrogen) atoms. The molecule has 7 heteroatoms. The Hall–Kier alpha value is -1.90. The molecule has 0 aliphatic heterocycles. The number of hydrogen-bond acceptors (Lipinski definition) is 3. The smallest absolute Gasteiger partial charge is 0.191 e. The lowest BCUT2D eigenvalue weighted by atomic mass is 10.2. The number of hydrogen-bond donors (Lipinski definition) is 2. The van der Waals surface area contributed by atoms with Gasteiger partial charge in [0, 0.05) is 26.8 Å². The van der Waals surface area contributed by atoms with E-state index in [9.17, 15) is 4.39 Å². The molecule has 1 aromatic carbocycles. The number of guanidine groups is 1. The first kappa shape index (κ1) is 21.1. The second kappa shape index (κ2) is 10.9. The minimum atomic E-state index is -0.237. The van der Waals surface area contributed by atoms with Crippen LogP contribution in [0.1, 0.15) is 18.2 Å². The van der Waals surface area contributed by atoms with Gasteiger partial charge in [0.05, 0.1) is 24.5 Å². The van der Waals surface area contributed by atoms with Crippen LogP contribution in [0, 0.1) is 5.82 Å². The van der Waals surface area contributed by atoms with Gasteiger partial charge in [0.25, 0.3) is 0 Å². The highest BCUT2D eigenvalue weighted by molar-refractivity contribution is 14.0. The van der Waals surface area contributed by atoms with Crippen LogP contribution in [0.5, 0.6) is 0 Å². The summed E-state index contributed by atoms with van der Waals surface area (Å²) in [5.74, 6) is 0.444. The molecule has 1 heterocycles. The van der Waals surface area contributed by atoms with Gasteiger partial charge in [-0.2, -0.15) is 0 Å². The Labute approximate surface area is 165 Å². The first-order valence-electron chi connectivity index (χ1n) is 7.98. The molecule has 5 nitrogen and oxygen atoms in total. The maximum atomic E-state index is 14.0. The van der Waals surface area contributed by atoms with Crippen LogP contribution in [0.15, 0.2) is 47.6 Å². The van der Waals surface area contributed by atoms with E-state index in [1.54, 1.807) is 17.2 Å². The molecule has 0 saturated carbocycles. The Morgan fingerprint density at radius 1 is 1.20 bits per heavy atom. The summed E-state index contributed by atoms with van der Waals surface area (Å²) in [6.07, 6.45) is 1.76. The third-order valence-corrected chi connectivity index (χ3v) is 3.42. The molecule has 136 valence electrons. The minimum absolute atomic E-state index is 0. The zero-order chi connectivity index (χ0) is 17.4. The molecule has 1 aromatic heterocycles. The first-order valence-corrected chi connectivity index (χ1v) is 7.98. The summed E-state index contributed by atoms with van der Waals surface area (Å²) < 4.78 is 14.0. The lowest BCUT2D eigenvalue weighted by Crippen LogP contribution is -2.37. The van der Waals surface area contributed by atoms with Gasteiger partial charge < -0.3 is 15.5 Å². The van der Waals surface area contributed by atoms with Gasteiger partial charge in [-0.3, -0.25) is 4.98 Å². The summed E-state index contributed by atoms with van der Waals surface area (Å²) in [7, 11) is 3.64. The SMILES string of the molecule is CCNC(=NCc1ccc(N(C)C)c(F)c1)NCc1ccccn1.I. The molecule has 0 aliphatic rings. The molecule has 0 saturated heterocycles. The topological polar surface area (TPSA) is 52.6 Å². The molecule has 0 spiro atoms. The van der Waals surface area contributed by atoms with E-state index in [-0.39, 0.29) is 29.8 Å². The largest absolute Gasteiger partial charge is 0.375 e. The number of aliphatic imine (C=N–C) groups is 1. The predicted octanol–water partition coefficient (Wildman–Crippen LogP) is 3.16. The van der Waals surface area contributed by atoms with E-state index >= 15 is 0 Å². The maximum Gasteiger partial charge on any atom is 0.191 e. The molecular weight excluding hydrogens is 432 g/mol. The number of benzene rings is 1. The Balaban J connectivity index is 0.00000312. The van der Waals surface area contributed by atoms with Crippen molar-refractivity contribution in [3.63, 3.8) is 0 Å². The van der Waals surface area contributed by atoms with Gasteiger partial charge in [-0.05, 0) is 36.8 Å². The summed E-state index contributed by atoms with van der Waals surface area (Å²) in [4.78, 5) is 10.5. The van der Waals surface area contributed by atoms with E-state index in [1.165, 1.54) is 6.07 Å². The van der Waals surface area contributed by atoms with Gasteiger partial charge in [-0.15, -0.1) is 24.0 Å². The molecule has 0 bridgehead atoms. The number of rotatable bonds is 6. The molecule has 2 N–H and O–H groups in total. The van der Waals surface area contributed by atoms with E-state index in [0.717, 1.165) is 17.8 Å². The van der Waals surface area contributed by atoms with Crippen LogP contribution >= 0.6 is 24.0 Å². The second-order valence-corrected chi connectivity index (χ2v) is 5.55. The molecule has 2 rings (SSSR count). The quantitative estimate of drug-likeness (QED) is 0.398. The van der Waals surface area contributed by atoms with Crippen LogP contribution in [0.3, 0.4) is 0 Å². The highest BCUT2D eigenvalue weighted by Crippen LogP contribution is 2.18. The highest BCUT2D eigenvalue weighted by atomic mass is 127. The second-order valence-electron chi connectivity index (χ2n) is 5.55. The molecule has 0 radical (unpaired) electrons. The van der Waals surface area contributed by atoms with Crippen molar-refractivity contribution in [1.29, 1.82) is 0 Å². The molecule has 0 unspecified atom stereocenters. The van der Waals surface area contributed by atoms with Crippen LogP contribution < -0.4 is 15.5 Å². The van der Waals surface area contributed by atoms with Crippen molar-refractivity contribution < 1.29 is 4.39 Å². The summed E-state index contributed by atoms with van der Waals surface area (Å²) in [6, 6.07) is 11.0. The van der Waals surface area contributed by atoms with E-state index in [1.807, 2.05) is 45.3 Å². The number of aromatic nitrogens is 1. The molecule has 0 aliphatic carbocycles. The third kappa shape index (κ3) is 6.85. The van der Waals surface area contributed by atoms with Crippen molar-refractivity contribution in [2.75, 3.05) is 25.5 Å². The van der Waals surface area contributed by atoms with Crippen LogP contribution in [-0.4, -0.2) is 31.6 Å². The predicted molar refractivity (Wildman–Crippen MR) is 112 cm³/mol. The zero-order valence-electron chi connectivity index (χ0n) is 14.8. The lowest BCUT2D eigenvalue weighted by Gasteiger charge is -2.14. The van der Waals surface area contributed by atoms with Crippen molar-refractivity contribution >= 4 is 35.6 Å². The van der Waals surface area contributed by atoms with Crippen molar-refractivity contribution in [3.05, 3.63) is 59.7 Å². The normalized spacial score (nSPS) is 10.8. The Morgan fingerprint density at radius 3 is 2.60 bits per heavy atom. The van der Waals surface area contributed by atoms with Crippen molar-refractivity contribution in [1.82, 2.24) is 15.6 Å². The molecule has 0 atom stereocenters. The van der Waals surface area contributed by atoms with Gasteiger partial charge in [0.15, 0.2) is 5.96 Å². The number of nitrogens with zero attached hydrogens (tertiary/aromatic N) is 3. The zero-order valence-corrected chi connectivity index (χ0v) is 17.1. The van der Waals surface area contributed by atoms with Crippen LogP contribution in [-0.2, 0) is 13.1 Å². The van der Waals surface area contributed by atoms with Crippen LogP contribution in [0.2, 0.25) is 0 Å². The van der Waals surface area contributed by atoms with Crippen LogP contribution in [0.4, 0.5) is 10.1 Å². The van der Waals surface area contributed by atoms with Crippen molar-refractivity contribution in [3.8, 4) is 0 Å². The lowest BCUT2D eigenvalue weighted by molar-refractivity contribution is 0.624. The summed E-state index contributed by atoms with van der Waals surface area (Å²) >= 11 is 0. The molecular formula is C18H25FIN5. The third-order valence-electron chi connectivity index (χ3n) is 3.42. The van der Waals surface area contributed by atoms with Gasteiger partial charge in [0.2, 0.25) is 0 Å². The summed E-state index contributed by atoms with van der Waals surface area (Å²) in [5, 5.41) is 6.40. The Morgan fingerprint density at radius 2 is 2.00 bits per heavy atom. The van der Waals surface area contributed by atoms with Gasteiger partial charge in [-0.1, -0.05) is 12.1 Å².